The van der Waals surface area contributed by atoms with Crippen molar-refractivity contribution in [3.8, 4) is 11.5 Å². The van der Waals surface area contributed by atoms with Crippen LogP contribution >= 0.6 is 0 Å². The molecule has 1 saturated heterocycles. The maximum Gasteiger partial charge on any atom is 0.416 e. The number of pyridine rings is 1. The number of imidazole rings is 1. The summed E-state index contributed by atoms with van der Waals surface area (Å²) in [6.45, 7) is 1.99. The predicted molar refractivity (Wildman–Crippen MR) is 151 cm³/mol. The van der Waals surface area contributed by atoms with Gasteiger partial charge in [0.05, 0.1) is 28.8 Å². The van der Waals surface area contributed by atoms with Crippen LogP contribution < -0.4 is 15.4 Å². The van der Waals surface area contributed by atoms with E-state index in [2.05, 4.69) is 44.5 Å². The van der Waals surface area contributed by atoms with E-state index in [0.717, 1.165) is 32.0 Å². The Hall–Kier alpha value is -4.23. The number of nitrogens with zero attached hydrogens (tertiary/aromatic N) is 5. The molecule has 9 nitrogen and oxygen atoms in total. The third kappa shape index (κ3) is 6.80. The molecule has 0 aliphatic carbocycles. The highest BCUT2D eigenvalue weighted by Gasteiger charge is 2.31. The fourth-order valence-electron chi connectivity index (χ4n) is 4.93. The van der Waals surface area contributed by atoms with Crippen molar-refractivity contribution >= 4 is 34.4 Å². The zero-order chi connectivity index (χ0) is 30.0. The van der Waals surface area contributed by atoms with Crippen LogP contribution in [0, 0.1) is 5.82 Å². The van der Waals surface area contributed by atoms with E-state index in [1.165, 1.54) is 6.20 Å². The molecular weight excluding hydrogens is 554 g/mol. The highest BCUT2D eigenvalue weighted by molar-refractivity contribution is 5.91. The second kappa shape index (κ2) is 11.9. The second-order valence-electron chi connectivity index (χ2n) is 10.5. The van der Waals surface area contributed by atoms with Gasteiger partial charge in [-0.25, -0.2) is 14.4 Å². The number of piperidine rings is 1. The molecule has 1 aliphatic rings. The Morgan fingerprint density at radius 3 is 2.52 bits per heavy atom. The van der Waals surface area contributed by atoms with Crippen LogP contribution in [0.15, 0.2) is 54.7 Å². The van der Waals surface area contributed by atoms with Crippen LogP contribution in [0.25, 0.3) is 11.0 Å². The minimum atomic E-state index is -4.61. The number of carbonyl (C=O) groups excluding carboxylic acids is 1. The number of rotatable bonds is 8. The lowest BCUT2D eigenvalue weighted by atomic mass is 10.0. The number of nitrogens with one attached hydrogen (secondary N) is 2. The monoisotopic (exact) mass is 585 g/mol. The van der Waals surface area contributed by atoms with Crippen LogP contribution in [0.3, 0.4) is 0 Å². The second-order valence-corrected chi connectivity index (χ2v) is 10.5. The lowest BCUT2D eigenvalue weighted by Crippen LogP contribution is -2.44. The first-order valence-electron chi connectivity index (χ1n) is 13.4. The molecule has 2 aromatic carbocycles. The first-order chi connectivity index (χ1) is 20.0. The number of benzene rings is 2. The Morgan fingerprint density at radius 1 is 1.07 bits per heavy atom. The van der Waals surface area contributed by atoms with Gasteiger partial charge in [0.15, 0.2) is 0 Å². The van der Waals surface area contributed by atoms with Crippen LogP contribution in [0.5, 0.6) is 11.5 Å². The lowest BCUT2D eigenvalue weighted by Gasteiger charge is -2.34. The molecule has 0 saturated carbocycles. The van der Waals surface area contributed by atoms with Gasteiger partial charge in [0.1, 0.15) is 23.1 Å². The van der Waals surface area contributed by atoms with Gasteiger partial charge < -0.3 is 24.8 Å². The average Bonchev–Trinajstić information content (AvgIpc) is 3.23. The summed E-state index contributed by atoms with van der Waals surface area (Å²) in [6.07, 6.45) is -1.05. The Bertz CT molecular complexity index is 1580. The molecule has 2 N–H and O–H groups in total. The predicted octanol–water partition coefficient (Wildman–Crippen LogP) is 5.63. The molecule has 0 spiro atoms. The van der Waals surface area contributed by atoms with E-state index in [-0.39, 0.29) is 24.1 Å². The number of hydrogen-bond donors (Lipinski definition) is 2. The van der Waals surface area contributed by atoms with Gasteiger partial charge in [-0.3, -0.25) is 9.69 Å². The molecule has 13 heteroatoms. The van der Waals surface area contributed by atoms with Crippen LogP contribution in [0.4, 0.5) is 35.0 Å². The van der Waals surface area contributed by atoms with Gasteiger partial charge in [-0.1, -0.05) is 0 Å². The van der Waals surface area contributed by atoms with E-state index in [9.17, 15) is 22.4 Å². The van der Waals surface area contributed by atoms with Gasteiger partial charge in [0.25, 0.3) is 0 Å². The SMILES string of the molecule is CN(C)C1CCN(CC(=O)Nc2cc(Oc3ccc4c(c3)nc(Nc3cc(C(F)(F)F)ccc3F)n4C)ccn2)CC1. The minimum Gasteiger partial charge on any atom is -0.457 e. The first kappa shape index (κ1) is 29.3. The molecule has 0 radical (unpaired) electrons. The minimum absolute atomic E-state index is 0.153. The van der Waals surface area contributed by atoms with Crippen molar-refractivity contribution in [1.82, 2.24) is 24.3 Å². The average molecular weight is 586 g/mol. The van der Waals surface area contributed by atoms with E-state index < -0.39 is 17.6 Å². The van der Waals surface area contributed by atoms with E-state index in [1.54, 1.807) is 41.9 Å². The third-order valence-corrected chi connectivity index (χ3v) is 7.28. The molecule has 0 atom stereocenters. The Kier molecular flexibility index (Phi) is 8.32. The highest BCUT2D eigenvalue weighted by atomic mass is 19.4. The normalized spacial score (nSPS) is 14.9. The number of alkyl halides is 3. The number of ether oxygens (including phenoxy) is 1. The van der Waals surface area contributed by atoms with Crippen molar-refractivity contribution in [2.75, 3.05) is 44.4 Å². The fraction of sp³-hybridized carbons (Fsp3) is 0.345. The van der Waals surface area contributed by atoms with E-state index in [4.69, 9.17) is 4.74 Å². The van der Waals surface area contributed by atoms with E-state index in [1.807, 2.05) is 0 Å². The largest absolute Gasteiger partial charge is 0.457 e. The summed E-state index contributed by atoms with van der Waals surface area (Å²) >= 11 is 0. The van der Waals surface area contributed by atoms with Gasteiger partial charge in [0, 0.05) is 44.5 Å². The van der Waals surface area contributed by atoms with Crippen LogP contribution in [0.1, 0.15) is 18.4 Å². The molecule has 1 amide bonds. The molecule has 5 rings (SSSR count). The molecule has 4 aromatic rings. The smallest absolute Gasteiger partial charge is 0.416 e. The summed E-state index contributed by atoms with van der Waals surface area (Å²) in [5.74, 6) is 0.384. The van der Waals surface area contributed by atoms with E-state index >= 15 is 0 Å². The maximum atomic E-state index is 14.3. The summed E-state index contributed by atoms with van der Waals surface area (Å²) in [6, 6.07) is 11.0. The van der Waals surface area contributed by atoms with E-state index in [0.29, 0.717) is 46.5 Å². The molecule has 42 heavy (non-hydrogen) atoms. The van der Waals surface area contributed by atoms with Crippen molar-refractivity contribution < 1.29 is 27.1 Å². The molecule has 3 heterocycles. The molecule has 222 valence electrons. The number of likely N-dealkylation sites (tertiary alicyclic amines) is 1. The van der Waals surface area contributed by atoms with Gasteiger partial charge in [-0.15, -0.1) is 0 Å². The number of halogens is 4. The highest BCUT2D eigenvalue weighted by Crippen LogP contribution is 2.34. The maximum absolute atomic E-state index is 14.3. The number of anilines is 3. The van der Waals surface area contributed by atoms with Crippen molar-refractivity contribution in [2.45, 2.75) is 25.1 Å². The summed E-state index contributed by atoms with van der Waals surface area (Å²) in [7, 11) is 5.80. The molecule has 1 aliphatic heterocycles. The van der Waals surface area contributed by atoms with Crippen molar-refractivity contribution in [2.24, 2.45) is 7.05 Å². The first-order valence-corrected chi connectivity index (χ1v) is 13.4. The molecule has 0 unspecified atom stereocenters. The van der Waals surface area contributed by atoms with Crippen LogP contribution in [-0.4, -0.2) is 70.0 Å². The Balaban J connectivity index is 1.24. The molecule has 0 bridgehead atoms. The number of fused-ring (bicyclic) bond motifs is 1. The number of hydrogen-bond acceptors (Lipinski definition) is 7. The summed E-state index contributed by atoms with van der Waals surface area (Å²) in [5.41, 5.74) is -0.192. The van der Waals surface area contributed by atoms with Crippen LogP contribution in [-0.2, 0) is 18.0 Å². The van der Waals surface area contributed by atoms with Crippen molar-refractivity contribution in [3.05, 3.63) is 66.1 Å². The number of carbonyl (C=O) groups is 1. The Labute approximate surface area is 240 Å². The summed E-state index contributed by atoms with van der Waals surface area (Å²) in [4.78, 5) is 25.6. The van der Waals surface area contributed by atoms with Crippen LogP contribution in [0.2, 0.25) is 0 Å². The third-order valence-electron chi connectivity index (χ3n) is 7.28. The Morgan fingerprint density at radius 2 is 1.81 bits per heavy atom. The number of aryl methyl sites for hydroxylation is 1. The summed E-state index contributed by atoms with van der Waals surface area (Å²) < 4.78 is 61.2. The van der Waals surface area contributed by atoms with Gasteiger partial charge in [0.2, 0.25) is 11.9 Å². The van der Waals surface area contributed by atoms with Gasteiger partial charge in [-0.05, 0) is 63.3 Å². The standard InChI is InChI=1S/C29H31F4N7O2/c1-38(2)19-9-12-40(13-10-19)17-27(41)37-26-16-21(8-11-34-26)42-20-5-7-25-24(15-20)36-28(39(25)3)35-23-14-18(29(31,32)33)4-6-22(23)30/h4-8,11,14-16,19H,9-10,12-13,17H2,1-3H3,(H,35,36)(H,34,37,41). The van der Waals surface area contributed by atoms with Crippen molar-refractivity contribution in [3.63, 3.8) is 0 Å². The molecule has 2 aromatic heterocycles. The number of aromatic nitrogens is 3. The molecular formula is C29H31F4N7O2. The van der Waals surface area contributed by atoms with Crippen molar-refractivity contribution in [1.29, 1.82) is 0 Å². The molecule has 1 fully saturated rings. The topological polar surface area (TPSA) is 87.5 Å². The van der Waals surface area contributed by atoms with Gasteiger partial charge in [-0.2, -0.15) is 13.2 Å². The lowest BCUT2D eigenvalue weighted by molar-refractivity contribution is -0.137. The quantitative estimate of drug-likeness (QED) is 0.259. The number of amides is 1. The fourth-order valence-corrected chi connectivity index (χ4v) is 4.93. The summed E-state index contributed by atoms with van der Waals surface area (Å²) in [5, 5.41) is 5.48. The zero-order valence-corrected chi connectivity index (χ0v) is 23.4. The van der Waals surface area contributed by atoms with Gasteiger partial charge >= 0.3 is 6.18 Å². The zero-order valence-electron chi connectivity index (χ0n) is 23.4.